The molecule has 1 unspecified atom stereocenters. The summed E-state index contributed by atoms with van der Waals surface area (Å²) >= 11 is 0. The van der Waals surface area contributed by atoms with Crippen molar-refractivity contribution in [1.82, 2.24) is 25.0 Å². The number of halogens is 2. The minimum absolute atomic E-state index is 0.152. The summed E-state index contributed by atoms with van der Waals surface area (Å²) in [6.45, 7) is 5.33. The van der Waals surface area contributed by atoms with Crippen LogP contribution in [0.5, 0.6) is 5.75 Å². The fourth-order valence-electron chi connectivity index (χ4n) is 2.73. The molecule has 0 saturated carbocycles. The van der Waals surface area contributed by atoms with Gasteiger partial charge in [0.05, 0.1) is 6.54 Å². The summed E-state index contributed by atoms with van der Waals surface area (Å²) in [4.78, 5) is 6.76. The average molecular weight is 408 g/mol. The summed E-state index contributed by atoms with van der Waals surface area (Å²) in [6.07, 6.45) is 3.52. The van der Waals surface area contributed by atoms with Crippen LogP contribution in [-0.4, -0.2) is 51.9 Å². The second-order valence-corrected chi connectivity index (χ2v) is 6.83. The van der Waals surface area contributed by atoms with Crippen molar-refractivity contribution in [2.75, 3.05) is 13.6 Å². The van der Waals surface area contributed by atoms with E-state index in [2.05, 4.69) is 34.1 Å². The van der Waals surface area contributed by atoms with E-state index in [9.17, 15) is 8.78 Å². The second-order valence-electron chi connectivity index (χ2n) is 6.83. The molecule has 1 aromatic heterocycles. The molecule has 0 spiro atoms. The number of ether oxygens (including phenoxy) is 1. The minimum Gasteiger partial charge on any atom is -0.435 e. The lowest BCUT2D eigenvalue weighted by Crippen LogP contribution is -2.43. The monoisotopic (exact) mass is 408 g/mol. The third-order valence-electron chi connectivity index (χ3n) is 4.53. The smallest absolute Gasteiger partial charge is 0.387 e. The highest BCUT2D eigenvalue weighted by Crippen LogP contribution is 2.16. The molecule has 0 aliphatic carbocycles. The van der Waals surface area contributed by atoms with Crippen molar-refractivity contribution in [3.05, 3.63) is 42.0 Å². The van der Waals surface area contributed by atoms with E-state index in [-0.39, 0.29) is 11.8 Å². The Labute approximate surface area is 170 Å². The Hall–Kier alpha value is -2.71. The van der Waals surface area contributed by atoms with Crippen molar-refractivity contribution >= 4 is 5.96 Å². The van der Waals surface area contributed by atoms with Crippen LogP contribution in [0.15, 0.2) is 35.6 Å². The average Bonchev–Trinajstić information content (AvgIpc) is 3.15. The lowest BCUT2D eigenvalue weighted by atomic mass is 10.2. The van der Waals surface area contributed by atoms with Crippen molar-refractivity contribution in [3.8, 4) is 5.75 Å². The number of aliphatic imine (C=N–C) groups is 1. The predicted octanol–water partition coefficient (Wildman–Crippen LogP) is 3.32. The van der Waals surface area contributed by atoms with Crippen LogP contribution in [0.1, 0.15) is 38.6 Å². The van der Waals surface area contributed by atoms with Crippen LogP contribution in [-0.2, 0) is 19.5 Å². The van der Waals surface area contributed by atoms with E-state index >= 15 is 0 Å². The molecule has 29 heavy (non-hydrogen) atoms. The zero-order valence-corrected chi connectivity index (χ0v) is 17.5. The van der Waals surface area contributed by atoms with Crippen LogP contribution in [0.25, 0.3) is 0 Å². The molecule has 2 rings (SSSR count). The summed E-state index contributed by atoms with van der Waals surface area (Å²) in [5, 5.41) is 11.5. The molecule has 0 bridgehead atoms. The molecule has 1 aromatic carbocycles. The molecule has 0 fully saturated rings. The van der Waals surface area contributed by atoms with E-state index in [4.69, 9.17) is 4.99 Å². The number of hydrogen-bond donors (Lipinski definition) is 1. The van der Waals surface area contributed by atoms with Crippen molar-refractivity contribution in [1.29, 1.82) is 0 Å². The van der Waals surface area contributed by atoms with Crippen LogP contribution in [0.4, 0.5) is 8.78 Å². The topological polar surface area (TPSA) is 67.6 Å². The summed E-state index contributed by atoms with van der Waals surface area (Å²) < 4.78 is 31.0. The van der Waals surface area contributed by atoms with Gasteiger partial charge in [-0.15, -0.1) is 10.2 Å². The van der Waals surface area contributed by atoms with Gasteiger partial charge in [0.15, 0.2) is 5.96 Å². The van der Waals surface area contributed by atoms with Crippen LogP contribution < -0.4 is 10.1 Å². The van der Waals surface area contributed by atoms with Gasteiger partial charge in [-0.1, -0.05) is 26.0 Å². The fourth-order valence-corrected chi connectivity index (χ4v) is 2.73. The number of aryl methyl sites for hydroxylation is 1. The van der Waals surface area contributed by atoms with E-state index in [0.29, 0.717) is 19.6 Å². The van der Waals surface area contributed by atoms with Gasteiger partial charge in [-0.25, -0.2) is 0 Å². The van der Waals surface area contributed by atoms with E-state index in [1.165, 1.54) is 0 Å². The molecule has 0 radical (unpaired) electrons. The lowest BCUT2D eigenvalue weighted by molar-refractivity contribution is -0.0498. The van der Waals surface area contributed by atoms with Crippen molar-refractivity contribution in [2.24, 2.45) is 4.99 Å². The van der Waals surface area contributed by atoms with Crippen molar-refractivity contribution in [3.63, 3.8) is 0 Å². The molecule has 0 aliphatic heterocycles. The quantitative estimate of drug-likeness (QED) is 0.483. The molecule has 0 aliphatic rings. The Balaban J connectivity index is 2.03. The second kappa shape index (κ2) is 11.3. The summed E-state index contributed by atoms with van der Waals surface area (Å²) in [5.41, 5.74) is 0.972. The standard InChI is InChI=1S/C20H30F2N6O/c1-5-15(3)25-20(23-11-12-28-14-24-26-18(28)6-2)27(4)13-16-7-9-17(10-8-16)29-19(21)22/h7-10,14-15,19H,5-6,11-13H2,1-4H3,(H,23,25). The van der Waals surface area contributed by atoms with Gasteiger partial charge in [0.25, 0.3) is 0 Å². The largest absolute Gasteiger partial charge is 0.435 e. The number of alkyl halides is 2. The molecule has 1 atom stereocenters. The van der Waals surface area contributed by atoms with Crippen LogP contribution in [0.3, 0.4) is 0 Å². The number of rotatable bonds is 10. The molecule has 160 valence electrons. The number of guanidine groups is 1. The molecule has 1 heterocycles. The molecule has 2 aromatic rings. The molecule has 7 nitrogen and oxygen atoms in total. The SMILES string of the molecule is CCc1nncn1CCN=C(NC(C)CC)N(C)Cc1ccc(OC(F)F)cc1. The van der Waals surface area contributed by atoms with Gasteiger partial charge in [0, 0.05) is 32.6 Å². The fraction of sp³-hybridized carbons (Fsp3) is 0.550. The van der Waals surface area contributed by atoms with E-state index in [1.807, 2.05) is 23.4 Å². The van der Waals surface area contributed by atoms with Gasteiger partial charge < -0.3 is 19.5 Å². The van der Waals surface area contributed by atoms with Gasteiger partial charge in [-0.2, -0.15) is 8.78 Å². The van der Waals surface area contributed by atoms with E-state index < -0.39 is 6.61 Å². The first kappa shape index (κ1) is 22.6. The maximum atomic E-state index is 12.3. The highest BCUT2D eigenvalue weighted by molar-refractivity contribution is 5.80. The predicted molar refractivity (Wildman–Crippen MR) is 109 cm³/mol. The molecular formula is C20H30F2N6O. The Bertz CT molecular complexity index is 763. The van der Waals surface area contributed by atoms with Gasteiger partial charge in [-0.05, 0) is 31.0 Å². The number of nitrogens with zero attached hydrogens (tertiary/aromatic N) is 5. The highest BCUT2D eigenvalue weighted by atomic mass is 19.3. The number of benzene rings is 1. The summed E-state index contributed by atoms with van der Waals surface area (Å²) in [6, 6.07) is 6.93. The number of aromatic nitrogens is 3. The third kappa shape index (κ3) is 7.32. The van der Waals surface area contributed by atoms with E-state index in [1.54, 1.807) is 30.6 Å². The zero-order chi connectivity index (χ0) is 21.2. The molecule has 0 amide bonds. The van der Waals surface area contributed by atoms with Crippen molar-refractivity contribution < 1.29 is 13.5 Å². The molecule has 0 saturated heterocycles. The Morgan fingerprint density at radius 1 is 1.28 bits per heavy atom. The third-order valence-corrected chi connectivity index (χ3v) is 4.53. The zero-order valence-electron chi connectivity index (χ0n) is 17.5. The van der Waals surface area contributed by atoms with Gasteiger partial charge in [0.2, 0.25) is 0 Å². The first-order valence-electron chi connectivity index (χ1n) is 9.85. The molecule has 1 N–H and O–H groups in total. The van der Waals surface area contributed by atoms with Gasteiger partial charge in [0.1, 0.15) is 17.9 Å². The first-order valence-corrected chi connectivity index (χ1v) is 9.85. The van der Waals surface area contributed by atoms with Crippen LogP contribution >= 0.6 is 0 Å². The summed E-state index contributed by atoms with van der Waals surface area (Å²) in [7, 11) is 1.95. The maximum Gasteiger partial charge on any atom is 0.387 e. The maximum absolute atomic E-state index is 12.3. The molecule has 9 heteroatoms. The minimum atomic E-state index is -2.82. The normalized spacial score (nSPS) is 12.9. The Kier molecular flexibility index (Phi) is 8.82. The Morgan fingerprint density at radius 2 is 2.00 bits per heavy atom. The lowest BCUT2D eigenvalue weighted by Gasteiger charge is -2.25. The first-order chi connectivity index (χ1) is 13.9. The highest BCUT2D eigenvalue weighted by Gasteiger charge is 2.11. The van der Waals surface area contributed by atoms with Crippen LogP contribution in [0, 0.1) is 0 Å². The summed E-state index contributed by atoms with van der Waals surface area (Å²) in [5.74, 6) is 1.88. The van der Waals surface area contributed by atoms with Crippen molar-refractivity contribution in [2.45, 2.75) is 59.4 Å². The van der Waals surface area contributed by atoms with Crippen LogP contribution in [0.2, 0.25) is 0 Å². The number of nitrogens with one attached hydrogen (secondary N) is 1. The number of hydrogen-bond acceptors (Lipinski definition) is 4. The van der Waals surface area contributed by atoms with E-state index in [0.717, 1.165) is 30.2 Å². The Morgan fingerprint density at radius 3 is 2.62 bits per heavy atom. The van der Waals surface area contributed by atoms with Gasteiger partial charge in [-0.3, -0.25) is 4.99 Å². The molecular weight excluding hydrogens is 378 g/mol. The van der Waals surface area contributed by atoms with Gasteiger partial charge >= 0.3 is 6.61 Å².